The van der Waals surface area contributed by atoms with Crippen LogP contribution in [0.25, 0.3) is 0 Å². The number of nitrogens with zero attached hydrogens (tertiary/aromatic N) is 1. The van der Waals surface area contributed by atoms with Crippen LogP contribution in [0.3, 0.4) is 0 Å². The molecule has 3 heteroatoms. The predicted octanol–water partition coefficient (Wildman–Crippen LogP) is 3.38. The molecule has 0 amide bonds. The highest BCUT2D eigenvalue weighted by molar-refractivity contribution is 9.10. The number of halogens is 1. The SMILES string of the molecule is CCc1cc(Br)ccc1NCCCN(C)C. The van der Waals surface area contributed by atoms with Crippen molar-refractivity contribution in [3.8, 4) is 0 Å². The average Bonchev–Trinajstić information content (AvgIpc) is 2.25. The van der Waals surface area contributed by atoms with Crippen molar-refractivity contribution < 1.29 is 0 Å². The fourth-order valence-corrected chi connectivity index (χ4v) is 2.05. The minimum absolute atomic E-state index is 1.03. The standard InChI is InChI=1S/C13H21BrN2/c1-4-11-10-12(14)6-7-13(11)15-8-5-9-16(2)3/h6-7,10,15H,4-5,8-9H2,1-3H3. The summed E-state index contributed by atoms with van der Waals surface area (Å²) in [6.07, 6.45) is 2.24. The van der Waals surface area contributed by atoms with E-state index in [0.717, 1.165) is 24.0 Å². The van der Waals surface area contributed by atoms with Gasteiger partial charge in [0.1, 0.15) is 0 Å². The molecule has 0 heterocycles. The molecule has 1 aromatic rings. The summed E-state index contributed by atoms with van der Waals surface area (Å²) < 4.78 is 1.16. The Bertz CT molecular complexity index is 324. The number of aryl methyl sites for hydroxylation is 1. The van der Waals surface area contributed by atoms with Gasteiger partial charge in [-0.3, -0.25) is 0 Å². The van der Waals surface area contributed by atoms with Crippen LogP contribution in [-0.2, 0) is 6.42 Å². The summed E-state index contributed by atoms with van der Waals surface area (Å²) in [5.41, 5.74) is 2.64. The average molecular weight is 285 g/mol. The summed E-state index contributed by atoms with van der Waals surface area (Å²) in [5.74, 6) is 0. The molecule has 1 N–H and O–H groups in total. The Hall–Kier alpha value is -0.540. The van der Waals surface area contributed by atoms with Crippen molar-refractivity contribution in [2.45, 2.75) is 19.8 Å². The second kappa shape index (κ2) is 6.92. The monoisotopic (exact) mass is 284 g/mol. The maximum Gasteiger partial charge on any atom is 0.0373 e. The van der Waals surface area contributed by atoms with E-state index in [4.69, 9.17) is 0 Å². The first-order valence-electron chi connectivity index (χ1n) is 5.80. The molecule has 0 radical (unpaired) electrons. The van der Waals surface area contributed by atoms with Crippen molar-refractivity contribution >= 4 is 21.6 Å². The largest absolute Gasteiger partial charge is 0.385 e. The Labute approximate surface area is 107 Å². The van der Waals surface area contributed by atoms with Crippen LogP contribution < -0.4 is 5.32 Å². The van der Waals surface area contributed by atoms with E-state index in [1.807, 2.05) is 0 Å². The molecule has 0 aliphatic rings. The molecule has 0 aliphatic carbocycles. The van der Waals surface area contributed by atoms with Gasteiger partial charge in [-0.05, 0) is 57.2 Å². The van der Waals surface area contributed by atoms with Crippen LogP contribution in [0.15, 0.2) is 22.7 Å². The molecule has 1 rings (SSSR count). The van der Waals surface area contributed by atoms with Crippen molar-refractivity contribution in [1.82, 2.24) is 4.90 Å². The number of nitrogens with one attached hydrogen (secondary N) is 1. The van der Waals surface area contributed by atoms with Gasteiger partial charge in [0.2, 0.25) is 0 Å². The number of benzene rings is 1. The van der Waals surface area contributed by atoms with Gasteiger partial charge in [0.25, 0.3) is 0 Å². The zero-order valence-corrected chi connectivity index (χ0v) is 12.0. The van der Waals surface area contributed by atoms with Crippen molar-refractivity contribution in [2.24, 2.45) is 0 Å². The topological polar surface area (TPSA) is 15.3 Å². The van der Waals surface area contributed by atoms with Crippen LogP contribution >= 0.6 is 15.9 Å². The van der Waals surface area contributed by atoms with Gasteiger partial charge in [-0.1, -0.05) is 22.9 Å². The van der Waals surface area contributed by atoms with E-state index in [1.165, 1.54) is 17.7 Å². The molecule has 0 aliphatic heterocycles. The quantitative estimate of drug-likeness (QED) is 0.806. The first-order chi connectivity index (χ1) is 7.63. The fraction of sp³-hybridized carbons (Fsp3) is 0.538. The minimum Gasteiger partial charge on any atom is -0.385 e. The Morgan fingerprint density at radius 2 is 2.06 bits per heavy atom. The lowest BCUT2D eigenvalue weighted by atomic mass is 10.1. The van der Waals surface area contributed by atoms with Gasteiger partial charge in [-0.15, -0.1) is 0 Å². The van der Waals surface area contributed by atoms with E-state index >= 15 is 0 Å². The molecule has 2 nitrogen and oxygen atoms in total. The van der Waals surface area contributed by atoms with E-state index in [0.29, 0.717) is 0 Å². The number of rotatable bonds is 6. The molecular formula is C13H21BrN2. The summed E-state index contributed by atoms with van der Waals surface area (Å²) in [5, 5.41) is 3.50. The van der Waals surface area contributed by atoms with E-state index in [-0.39, 0.29) is 0 Å². The van der Waals surface area contributed by atoms with E-state index in [2.05, 4.69) is 65.4 Å². The molecule has 0 saturated heterocycles. The molecule has 1 aromatic carbocycles. The Kier molecular flexibility index (Phi) is 5.85. The molecule has 0 saturated carbocycles. The molecule has 0 aromatic heterocycles. The Morgan fingerprint density at radius 3 is 2.69 bits per heavy atom. The molecule has 90 valence electrons. The second-order valence-corrected chi connectivity index (χ2v) is 5.15. The van der Waals surface area contributed by atoms with Crippen LogP contribution in [0, 0.1) is 0 Å². The summed E-state index contributed by atoms with van der Waals surface area (Å²) in [6, 6.07) is 6.43. The zero-order valence-electron chi connectivity index (χ0n) is 10.4. The van der Waals surface area contributed by atoms with Gasteiger partial charge in [-0.2, -0.15) is 0 Å². The van der Waals surface area contributed by atoms with Crippen LogP contribution in [0.4, 0.5) is 5.69 Å². The zero-order chi connectivity index (χ0) is 12.0. The molecule has 0 bridgehead atoms. The molecule has 16 heavy (non-hydrogen) atoms. The first-order valence-corrected chi connectivity index (χ1v) is 6.59. The van der Waals surface area contributed by atoms with Crippen LogP contribution in [-0.4, -0.2) is 32.1 Å². The number of hydrogen-bond acceptors (Lipinski definition) is 2. The fourth-order valence-electron chi connectivity index (χ4n) is 1.65. The number of anilines is 1. The van der Waals surface area contributed by atoms with Crippen LogP contribution in [0.2, 0.25) is 0 Å². The first kappa shape index (κ1) is 13.5. The van der Waals surface area contributed by atoms with Gasteiger partial charge in [-0.25, -0.2) is 0 Å². The summed E-state index contributed by atoms with van der Waals surface area (Å²) in [7, 11) is 4.22. The highest BCUT2D eigenvalue weighted by atomic mass is 79.9. The van der Waals surface area contributed by atoms with Gasteiger partial charge in [0, 0.05) is 16.7 Å². The third-order valence-electron chi connectivity index (χ3n) is 2.55. The van der Waals surface area contributed by atoms with E-state index < -0.39 is 0 Å². The van der Waals surface area contributed by atoms with Gasteiger partial charge in [0.05, 0.1) is 0 Å². The van der Waals surface area contributed by atoms with Gasteiger partial charge in [0.15, 0.2) is 0 Å². The molecule has 0 atom stereocenters. The lowest BCUT2D eigenvalue weighted by molar-refractivity contribution is 0.405. The maximum absolute atomic E-state index is 3.50. The van der Waals surface area contributed by atoms with Gasteiger partial charge >= 0.3 is 0 Å². The van der Waals surface area contributed by atoms with E-state index in [1.54, 1.807) is 0 Å². The normalized spacial score (nSPS) is 10.8. The van der Waals surface area contributed by atoms with Crippen molar-refractivity contribution in [2.75, 3.05) is 32.5 Å². The van der Waals surface area contributed by atoms with Crippen LogP contribution in [0.5, 0.6) is 0 Å². The Balaban J connectivity index is 2.47. The second-order valence-electron chi connectivity index (χ2n) is 4.24. The lowest BCUT2D eigenvalue weighted by Crippen LogP contribution is -2.16. The third-order valence-corrected chi connectivity index (χ3v) is 3.04. The maximum atomic E-state index is 3.50. The third kappa shape index (κ3) is 4.54. The number of hydrogen-bond donors (Lipinski definition) is 1. The lowest BCUT2D eigenvalue weighted by Gasteiger charge is -2.13. The highest BCUT2D eigenvalue weighted by Crippen LogP contribution is 2.21. The Morgan fingerprint density at radius 1 is 1.31 bits per heavy atom. The molecule has 0 spiro atoms. The minimum atomic E-state index is 1.03. The van der Waals surface area contributed by atoms with Crippen LogP contribution in [0.1, 0.15) is 18.9 Å². The summed E-state index contributed by atoms with van der Waals surface area (Å²) in [4.78, 5) is 2.21. The molecular weight excluding hydrogens is 264 g/mol. The molecule has 0 fully saturated rings. The van der Waals surface area contributed by atoms with Gasteiger partial charge < -0.3 is 10.2 Å². The van der Waals surface area contributed by atoms with Crippen molar-refractivity contribution in [3.05, 3.63) is 28.2 Å². The summed E-state index contributed by atoms with van der Waals surface area (Å²) in [6.45, 7) is 4.35. The highest BCUT2D eigenvalue weighted by Gasteiger charge is 2.00. The van der Waals surface area contributed by atoms with E-state index in [9.17, 15) is 0 Å². The summed E-state index contributed by atoms with van der Waals surface area (Å²) >= 11 is 3.50. The predicted molar refractivity (Wildman–Crippen MR) is 75.2 cm³/mol. The molecule has 0 unspecified atom stereocenters. The van der Waals surface area contributed by atoms with Crippen molar-refractivity contribution in [3.63, 3.8) is 0 Å². The smallest absolute Gasteiger partial charge is 0.0373 e. The van der Waals surface area contributed by atoms with Crippen molar-refractivity contribution in [1.29, 1.82) is 0 Å².